The first-order valence-corrected chi connectivity index (χ1v) is 7.44. The molecule has 1 unspecified atom stereocenters. The fourth-order valence-electron chi connectivity index (χ4n) is 2.38. The first-order valence-electron chi connectivity index (χ1n) is 7.06. The Bertz CT molecular complexity index is 398. The smallest absolute Gasteiger partial charge is 0.123 e. The molecule has 1 aliphatic heterocycles. The van der Waals surface area contributed by atoms with Gasteiger partial charge in [-0.3, -0.25) is 0 Å². The molecule has 0 bridgehead atoms. The van der Waals surface area contributed by atoms with Gasteiger partial charge in [0.2, 0.25) is 0 Å². The largest absolute Gasteiger partial charge is 0.488 e. The number of hydrogen-bond donors (Lipinski definition) is 2. The number of nitrogens with one attached hydrogen (secondary N) is 1. The van der Waals surface area contributed by atoms with Gasteiger partial charge in [-0.1, -0.05) is 24.4 Å². The number of aliphatic hydroxyl groups excluding tert-OH is 1. The third-order valence-electron chi connectivity index (χ3n) is 3.40. The predicted octanol–water partition coefficient (Wildman–Crippen LogP) is 2.79. The van der Waals surface area contributed by atoms with Gasteiger partial charge in [0.15, 0.2) is 0 Å². The molecule has 2 rings (SSSR count). The lowest BCUT2D eigenvalue weighted by atomic mass is 10.1. The summed E-state index contributed by atoms with van der Waals surface area (Å²) in [6.07, 6.45) is 5.53. The topological polar surface area (TPSA) is 41.5 Å². The van der Waals surface area contributed by atoms with E-state index >= 15 is 0 Å². The van der Waals surface area contributed by atoms with E-state index < -0.39 is 0 Å². The summed E-state index contributed by atoms with van der Waals surface area (Å²) in [5.74, 6) is 0.971. The minimum Gasteiger partial charge on any atom is -0.488 e. The molecule has 1 aromatic carbocycles. The highest BCUT2D eigenvalue weighted by molar-refractivity contribution is 6.30. The third-order valence-corrected chi connectivity index (χ3v) is 3.63. The molecule has 1 aliphatic rings. The minimum atomic E-state index is 0.228. The molecule has 0 fully saturated rings. The highest BCUT2D eigenvalue weighted by Gasteiger charge is 2.22. The molecule has 0 amide bonds. The Morgan fingerprint density at radius 3 is 2.95 bits per heavy atom. The fourth-order valence-corrected chi connectivity index (χ4v) is 2.58. The van der Waals surface area contributed by atoms with Crippen LogP contribution in [0.1, 0.15) is 31.2 Å². The summed E-state index contributed by atoms with van der Waals surface area (Å²) in [5.41, 5.74) is 1.21. The van der Waals surface area contributed by atoms with Crippen molar-refractivity contribution in [2.45, 2.75) is 38.2 Å². The van der Waals surface area contributed by atoms with Gasteiger partial charge < -0.3 is 15.2 Å². The number of hydrogen-bond acceptors (Lipinski definition) is 3. The zero-order valence-corrected chi connectivity index (χ0v) is 12.0. The molecule has 3 nitrogen and oxygen atoms in total. The lowest BCUT2D eigenvalue weighted by Crippen LogP contribution is -2.30. The number of benzene rings is 1. The second-order valence-electron chi connectivity index (χ2n) is 5.04. The number of halogens is 1. The van der Waals surface area contributed by atoms with E-state index in [0.29, 0.717) is 6.61 Å². The number of unbranched alkanes of at least 4 members (excludes halogenated alkanes) is 3. The Morgan fingerprint density at radius 1 is 1.26 bits per heavy atom. The van der Waals surface area contributed by atoms with Crippen molar-refractivity contribution < 1.29 is 9.84 Å². The van der Waals surface area contributed by atoms with Crippen molar-refractivity contribution in [2.75, 3.05) is 19.7 Å². The maximum Gasteiger partial charge on any atom is 0.123 e. The van der Waals surface area contributed by atoms with E-state index in [2.05, 4.69) is 5.32 Å². The first-order chi connectivity index (χ1) is 9.29. The summed E-state index contributed by atoms with van der Waals surface area (Å²) in [6.45, 7) is 2.21. The summed E-state index contributed by atoms with van der Waals surface area (Å²) < 4.78 is 5.85. The second-order valence-corrected chi connectivity index (χ2v) is 5.47. The van der Waals surface area contributed by atoms with Crippen molar-refractivity contribution in [1.82, 2.24) is 5.32 Å². The van der Waals surface area contributed by atoms with Gasteiger partial charge in [-0.25, -0.2) is 0 Å². The summed E-state index contributed by atoms with van der Waals surface area (Å²) >= 11 is 5.97. The SMILES string of the molecule is OCCCCCCNCC1Cc2cc(Cl)ccc2O1. The quantitative estimate of drug-likeness (QED) is 0.721. The average molecular weight is 284 g/mol. The Kier molecular flexibility index (Phi) is 5.95. The molecule has 2 N–H and O–H groups in total. The lowest BCUT2D eigenvalue weighted by molar-refractivity contribution is 0.227. The summed E-state index contributed by atoms with van der Waals surface area (Å²) in [7, 11) is 0. The molecule has 1 atom stereocenters. The lowest BCUT2D eigenvalue weighted by Gasteiger charge is -2.11. The van der Waals surface area contributed by atoms with E-state index in [1.54, 1.807) is 0 Å². The Morgan fingerprint density at radius 2 is 2.11 bits per heavy atom. The van der Waals surface area contributed by atoms with Crippen LogP contribution in [0.5, 0.6) is 5.75 Å². The molecule has 4 heteroatoms. The normalized spacial score (nSPS) is 17.3. The van der Waals surface area contributed by atoms with Gasteiger partial charge in [-0.05, 0) is 43.1 Å². The van der Waals surface area contributed by atoms with Crippen molar-refractivity contribution in [1.29, 1.82) is 0 Å². The van der Waals surface area contributed by atoms with E-state index in [9.17, 15) is 0 Å². The standard InChI is InChI=1S/C15H22ClNO2/c16-13-5-6-15-12(9-13)10-14(19-15)11-17-7-3-1-2-4-8-18/h5-6,9,14,17-18H,1-4,7-8,10-11H2. The second kappa shape index (κ2) is 7.73. The van der Waals surface area contributed by atoms with E-state index in [0.717, 1.165) is 49.5 Å². The third kappa shape index (κ3) is 4.68. The molecule has 0 aromatic heterocycles. The van der Waals surface area contributed by atoms with E-state index in [1.807, 2.05) is 18.2 Å². The van der Waals surface area contributed by atoms with Crippen LogP contribution < -0.4 is 10.1 Å². The number of fused-ring (bicyclic) bond motifs is 1. The van der Waals surface area contributed by atoms with Gasteiger partial charge in [-0.2, -0.15) is 0 Å². The maximum absolute atomic E-state index is 8.68. The molecule has 0 saturated carbocycles. The highest BCUT2D eigenvalue weighted by atomic mass is 35.5. The van der Waals surface area contributed by atoms with Crippen LogP contribution in [0.3, 0.4) is 0 Å². The Labute approximate surface area is 119 Å². The predicted molar refractivity (Wildman–Crippen MR) is 78.0 cm³/mol. The molecule has 19 heavy (non-hydrogen) atoms. The first kappa shape index (κ1) is 14.6. The van der Waals surface area contributed by atoms with Gasteiger partial charge in [-0.15, -0.1) is 0 Å². The molecule has 0 spiro atoms. The maximum atomic E-state index is 8.68. The molecule has 0 aliphatic carbocycles. The molecule has 1 aromatic rings. The van der Waals surface area contributed by atoms with Crippen LogP contribution in [0.2, 0.25) is 5.02 Å². The van der Waals surface area contributed by atoms with Crippen LogP contribution in [0, 0.1) is 0 Å². The van der Waals surface area contributed by atoms with Crippen molar-refractivity contribution in [3.63, 3.8) is 0 Å². The van der Waals surface area contributed by atoms with Gasteiger partial charge in [0.1, 0.15) is 11.9 Å². The fraction of sp³-hybridized carbons (Fsp3) is 0.600. The zero-order valence-electron chi connectivity index (χ0n) is 11.2. The highest BCUT2D eigenvalue weighted by Crippen LogP contribution is 2.30. The van der Waals surface area contributed by atoms with Crippen LogP contribution in [0.25, 0.3) is 0 Å². The van der Waals surface area contributed by atoms with Crippen molar-refractivity contribution in [3.8, 4) is 5.75 Å². The Balaban J connectivity index is 1.59. The zero-order chi connectivity index (χ0) is 13.5. The monoisotopic (exact) mass is 283 g/mol. The summed E-state index contributed by atoms with van der Waals surface area (Å²) in [5, 5.41) is 12.9. The van der Waals surface area contributed by atoms with Gasteiger partial charge in [0.05, 0.1) is 0 Å². The van der Waals surface area contributed by atoms with E-state index in [-0.39, 0.29) is 6.10 Å². The van der Waals surface area contributed by atoms with E-state index in [1.165, 1.54) is 12.0 Å². The van der Waals surface area contributed by atoms with E-state index in [4.69, 9.17) is 21.4 Å². The molecule has 0 saturated heterocycles. The van der Waals surface area contributed by atoms with Gasteiger partial charge in [0, 0.05) is 24.6 Å². The number of rotatable bonds is 8. The van der Waals surface area contributed by atoms with Crippen LogP contribution in [-0.2, 0) is 6.42 Å². The van der Waals surface area contributed by atoms with Crippen LogP contribution >= 0.6 is 11.6 Å². The molecule has 106 valence electrons. The minimum absolute atomic E-state index is 0.228. The van der Waals surface area contributed by atoms with Gasteiger partial charge >= 0.3 is 0 Å². The summed E-state index contributed by atoms with van der Waals surface area (Å²) in [6, 6.07) is 5.82. The number of ether oxygens (including phenoxy) is 1. The summed E-state index contributed by atoms with van der Waals surface area (Å²) in [4.78, 5) is 0. The molecular weight excluding hydrogens is 262 g/mol. The van der Waals surface area contributed by atoms with Gasteiger partial charge in [0.25, 0.3) is 0 Å². The van der Waals surface area contributed by atoms with Crippen molar-refractivity contribution >= 4 is 11.6 Å². The van der Waals surface area contributed by atoms with Crippen LogP contribution in [-0.4, -0.2) is 30.9 Å². The average Bonchev–Trinajstić information content (AvgIpc) is 2.79. The van der Waals surface area contributed by atoms with Crippen LogP contribution in [0.4, 0.5) is 0 Å². The molecule has 0 radical (unpaired) electrons. The Hall–Kier alpha value is -0.770. The molecular formula is C15H22ClNO2. The van der Waals surface area contributed by atoms with Crippen molar-refractivity contribution in [2.24, 2.45) is 0 Å². The number of aliphatic hydroxyl groups is 1. The molecule has 1 heterocycles. The van der Waals surface area contributed by atoms with Crippen LogP contribution in [0.15, 0.2) is 18.2 Å². The van der Waals surface area contributed by atoms with Crippen molar-refractivity contribution in [3.05, 3.63) is 28.8 Å².